The van der Waals surface area contributed by atoms with Crippen LogP contribution >= 0.6 is 0 Å². The van der Waals surface area contributed by atoms with Gasteiger partial charge in [-0.05, 0) is 162 Å². The van der Waals surface area contributed by atoms with E-state index in [0.29, 0.717) is 5.92 Å². The first-order valence-corrected chi connectivity index (χ1v) is 27.4. The molecule has 0 aromatic heterocycles. The molecule has 4 aliphatic rings. The van der Waals surface area contributed by atoms with Crippen LogP contribution in [0, 0.1) is 0 Å². The molecular weight excluding hydrogens is 916 g/mol. The normalized spacial score (nSPS) is 14.8. The Hall–Kier alpha value is -8.92. The average molecular weight is 971 g/mol. The standard InChI is InChI=1S/C73H55BN2/c1-7-21-50(22-8-1)53-35-40-61(41-36-53)75-68-44-39-55(54-37-42-63-62-33-19-20-34-64(62)73(65(63)45-54,58-27-13-4-14-28-58)59-29-15-5-16-30-59)46-67(68)74-66-43-38-56(51-23-9-2-10-24-51)47-69(66)76(60-31-17-6-18-32-60)71-49-57(48-70(75)72(71)74)52-25-11-3-12-26-52/h1-2,4-10,13-24,27-49,52H,3,11-12,25-26H2. The van der Waals surface area contributed by atoms with Crippen LogP contribution in [0.4, 0.5) is 34.1 Å². The number of benzene rings is 11. The van der Waals surface area contributed by atoms with Crippen molar-refractivity contribution in [2.45, 2.75) is 43.4 Å². The van der Waals surface area contributed by atoms with Crippen LogP contribution in [-0.2, 0) is 5.41 Å². The fourth-order valence-corrected chi connectivity index (χ4v) is 13.9. The highest BCUT2D eigenvalue weighted by atomic mass is 15.2. The second-order valence-corrected chi connectivity index (χ2v) is 21.4. The van der Waals surface area contributed by atoms with Crippen LogP contribution in [-0.4, -0.2) is 6.71 Å². The van der Waals surface area contributed by atoms with Gasteiger partial charge in [0, 0.05) is 34.1 Å². The summed E-state index contributed by atoms with van der Waals surface area (Å²) in [7, 11) is 0. The minimum Gasteiger partial charge on any atom is -0.311 e. The van der Waals surface area contributed by atoms with Gasteiger partial charge in [0.05, 0.1) is 5.41 Å². The number of hydrogen-bond acceptors (Lipinski definition) is 2. The SMILES string of the molecule is c1ccc(-c2ccc(N3c4ccc(-c5ccc6c(c5)C(c5ccccc5)(c5ccccc5)c5ccccc5-6)cc4B4c5ccc(-c6ccccc6)cc5N(c5ccccc5)c5cc(C6CCCCC6)cc3c54)cc2)cc1. The Kier molecular flexibility index (Phi) is 10.7. The van der Waals surface area contributed by atoms with Crippen molar-refractivity contribution in [3.8, 4) is 44.5 Å². The summed E-state index contributed by atoms with van der Waals surface area (Å²) < 4.78 is 0. The van der Waals surface area contributed by atoms with Gasteiger partial charge < -0.3 is 9.80 Å². The van der Waals surface area contributed by atoms with Crippen molar-refractivity contribution < 1.29 is 0 Å². The summed E-state index contributed by atoms with van der Waals surface area (Å²) in [4.78, 5) is 5.21. The third-order valence-corrected chi connectivity index (χ3v) is 17.3. The smallest absolute Gasteiger partial charge is 0.252 e. The Bertz CT molecular complexity index is 3920. The fourth-order valence-electron chi connectivity index (χ4n) is 13.9. The van der Waals surface area contributed by atoms with E-state index < -0.39 is 5.41 Å². The maximum atomic E-state index is 2.61. The van der Waals surface area contributed by atoms with Crippen molar-refractivity contribution in [1.82, 2.24) is 0 Å². The number of anilines is 6. The molecule has 2 nitrogen and oxygen atoms in total. The van der Waals surface area contributed by atoms with Crippen molar-refractivity contribution in [2.24, 2.45) is 0 Å². The van der Waals surface area contributed by atoms with Crippen molar-refractivity contribution in [2.75, 3.05) is 9.80 Å². The van der Waals surface area contributed by atoms with Crippen LogP contribution in [0.1, 0.15) is 65.8 Å². The lowest BCUT2D eigenvalue weighted by molar-refractivity contribution is 0.444. The van der Waals surface area contributed by atoms with Crippen LogP contribution < -0.4 is 26.2 Å². The third-order valence-electron chi connectivity index (χ3n) is 17.3. The van der Waals surface area contributed by atoms with Gasteiger partial charge >= 0.3 is 0 Å². The van der Waals surface area contributed by atoms with E-state index >= 15 is 0 Å². The molecule has 11 aromatic carbocycles. The summed E-state index contributed by atoms with van der Waals surface area (Å²) in [5.74, 6) is 0.499. The van der Waals surface area contributed by atoms with Gasteiger partial charge in [-0.25, -0.2) is 0 Å². The zero-order valence-electron chi connectivity index (χ0n) is 42.5. The predicted molar refractivity (Wildman–Crippen MR) is 320 cm³/mol. The van der Waals surface area contributed by atoms with E-state index in [0.717, 1.165) is 5.69 Å². The molecule has 2 aliphatic heterocycles. The van der Waals surface area contributed by atoms with E-state index in [1.807, 2.05) is 0 Å². The van der Waals surface area contributed by atoms with Crippen LogP contribution in [0.3, 0.4) is 0 Å². The second-order valence-electron chi connectivity index (χ2n) is 21.4. The van der Waals surface area contributed by atoms with Gasteiger partial charge in [0.2, 0.25) is 0 Å². The zero-order valence-corrected chi connectivity index (χ0v) is 42.5. The molecule has 76 heavy (non-hydrogen) atoms. The largest absolute Gasteiger partial charge is 0.311 e. The van der Waals surface area contributed by atoms with Crippen LogP contribution in [0.2, 0.25) is 0 Å². The van der Waals surface area contributed by atoms with Gasteiger partial charge in [-0.2, -0.15) is 0 Å². The molecule has 0 unspecified atom stereocenters. The van der Waals surface area contributed by atoms with E-state index in [1.54, 1.807) is 0 Å². The summed E-state index contributed by atoms with van der Waals surface area (Å²) in [5, 5.41) is 0. The molecule has 0 spiro atoms. The van der Waals surface area contributed by atoms with Gasteiger partial charge in [0.15, 0.2) is 0 Å². The first-order valence-electron chi connectivity index (χ1n) is 27.4. The Balaban J connectivity index is 0.989. The molecule has 360 valence electrons. The summed E-state index contributed by atoms with van der Waals surface area (Å²) >= 11 is 0. The molecule has 0 bridgehead atoms. The number of fused-ring (bicyclic) bond motifs is 7. The van der Waals surface area contributed by atoms with Crippen molar-refractivity contribution in [3.05, 3.63) is 295 Å². The quantitative estimate of drug-likeness (QED) is 0.140. The van der Waals surface area contributed by atoms with Crippen molar-refractivity contribution >= 4 is 57.2 Å². The maximum Gasteiger partial charge on any atom is 0.252 e. The number of para-hydroxylation sites is 1. The molecule has 11 aromatic rings. The topological polar surface area (TPSA) is 6.48 Å². The number of rotatable bonds is 8. The molecule has 15 rings (SSSR count). The molecule has 0 N–H and O–H groups in total. The summed E-state index contributed by atoms with van der Waals surface area (Å²) in [6.07, 6.45) is 6.29. The molecule has 0 saturated heterocycles. The molecule has 0 radical (unpaired) electrons. The molecule has 1 fully saturated rings. The van der Waals surface area contributed by atoms with Crippen LogP contribution in [0.5, 0.6) is 0 Å². The van der Waals surface area contributed by atoms with E-state index in [4.69, 9.17) is 0 Å². The van der Waals surface area contributed by atoms with Gasteiger partial charge in [-0.3, -0.25) is 0 Å². The highest BCUT2D eigenvalue weighted by Gasteiger charge is 2.47. The van der Waals surface area contributed by atoms with Crippen molar-refractivity contribution in [1.29, 1.82) is 0 Å². The van der Waals surface area contributed by atoms with Gasteiger partial charge in [-0.1, -0.05) is 232 Å². The molecule has 0 atom stereocenters. The van der Waals surface area contributed by atoms with E-state index in [1.165, 1.54) is 149 Å². The molecule has 1 saturated carbocycles. The molecule has 2 heterocycles. The van der Waals surface area contributed by atoms with Gasteiger partial charge in [0.1, 0.15) is 0 Å². The Morgan fingerprint density at radius 1 is 0.329 bits per heavy atom. The van der Waals surface area contributed by atoms with Gasteiger partial charge in [0.25, 0.3) is 6.71 Å². The van der Waals surface area contributed by atoms with E-state index in [-0.39, 0.29) is 6.71 Å². The molecule has 3 heteroatoms. The lowest BCUT2D eigenvalue weighted by atomic mass is 9.33. The summed E-state index contributed by atoms with van der Waals surface area (Å²) in [5.41, 5.74) is 27.4. The first kappa shape index (κ1) is 44.6. The predicted octanol–water partition coefficient (Wildman–Crippen LogP) is 17.2. The van der Waals surface area contributed by atoms with E-state index in [9.17, 15) is 0 Å². The minimum absolute atomic E-state index is 0.0357. The molecule has 0 amide bonds. The fraction of sp³-hybridized carbons (Fsp3) is 0.0959. The summed E-state index contributed by atoms with van der Waals surface area (Å²) in [6, 6.07) is 101. The minimum atomic E-state index is -0.495. The number of hydrogen-bond donors (Lipinski definition) is 0. The average Bonchev–Trinajstić information content (AvgIpc) is 4.01. The van der Waals surface area contributed by atoms with Crippen molar-refractivity contribution in [3.63, 3.8) is 0 Å². The lowest BCUT2D eigenvalue weighted by Crippen LogP contribution is -2.61. The number of nitrogens with zero attached hydrogens (tertiary/aromatic N) is 2. The maximum absolute atomic E-state index is 2.61. The monoisotopic (exact) mass is 970 g/mol. The second kappa shape index (κ2) is 18.2. The lowest BCUT2D eigenvalue weighted by Gasteiger charge is -2.45. The Labute approximate surface area is 447 Å². The highest BCUT2D eigenvalue weighted by Crippen LogP contribution is 2.57. The third kappa shape index (κ3) is 7.02. The zero-order chi connectivity index (χ0) is 50.2. The first-order chi connectivity index (χ1) is 37.7. The Morgan fingerprint density at radius 2 is 0.816 bits per heavy atom. The van der Waals surface area contributed by atoms with E-state index in [2.05, 4.69) is 277 Å². The van der Waals surface area contributed by atoms with Gasteiger partial charge in [-0.15, -0.1) is 0 Å². The molecule has 2 aliphatic carbocycles. The van der Waals surface area contributed by atoms with Crippen LogP contribution in [0.25, 0.3) is 44.5 Å². The van der Waals surface area contributed by atoms with Crippen LogP contribution in [0.15, 0.2) is 267 Å². The highest BCUT2D eigenvalue weighted by molar-refractivity contribution is 7.00. The Morgan fingerprint density at radius 3 is 1.49 bits per heavy atom. The summed E-state index contributed by atoms with van der Waals surface area (Å²) in [6.45, 7) is -0.0357. The molecular formula is C73H55BN2.